The summed E-state index contributed by atoms with van der Waals surface area (Å²) in [6.45, 7) is 0.382. The zero-order chi connectivity index (χ0) is 14.5. The Balaban J connectivity index is 1.78. The molecule has 0 bridgehead atoms. The molecule has 21 heavy (non-hydrogen) atoms. The van der Waals surface area contributed by atoms with Crippen LogP contribution in [0.3, 0.4) is 0 Å². The summed E-state index contributed by atoms with van der Waals surface area (Å²) in [4.78, 5) is 4.47. The maximum Gasteiger partial charge on any atom is 0.199 e. The van der Waals surface area contributed by atoms with Crippen LogP contribution in [0.15, 0.2) is 52.9 Å². The molecule has 0 fully saturated rings. The number of hydrogen-bond acceptors (Lipinski definition) is 4. The molecule has 0 N–H and O–H groups in total. The number of nitriles is 1. The summed E-state index contributed by atoms with van der Waals surface area (Å²) < 4.78 is 11.2. The second kappa shape index (κ2) is 6.10. The number of hydrogen-bond donors (Lipinski definition) is 0. The highest BCUT2D eigenvalue weighted by Crippen LogP contribution is 2.23. The minimum Gasteiger partial charge on any atom is -0.492 e. The fourth-order valence-corrected chi connectivity index (χ4v) is 2.10. The lowest BCUT2D eigenvalue weighted by Gasteiger charge is -2.01. The molecule has 0 aliphatic heterocycles. The van der Waals surface area contributed by atoms with E-state index in [4.69, 9.17) is 14.4 Å². The molecule has 1 heterocycles. The molecular weight excluding hydrogens is 264 g/mol. The third-order valence-electron chi connectivity index (χ3n) is 3.08. The zero-order valence-corrected chi connectivity index (χ0v) is 11.5. The number of nitrogens with zero attached hydrogens (tertiary/aromatic N) is 2. The Morgan fingerprint density at radius 1 is 1.14 bits per heavy atom. The Labute approximate surface area is 122 Å². The predicted octanol–water partition coefficient (Wildman–Crippen LogP) is 3.71. The number of aromatic nitrogens is 1. The van der Waals surface area contributed by atoms with Crippen molar-refractivity contribution in [3.63, 3.8) is 0 Å². The van der Waals surface area contributed by atoms with Crippen LogP contribution in [-0.4, -0.2) is 11.6 Å². The van der Waals surface area contributed by atoms with E-state index in [2.05, 4.69) is 4.98 Å². The van der Waals surface area contributed by atoms with Crippen molar-refractivity contribution in [3.8, 4) is 11.8 Å². The van der Waals surface area contributed by atoms with Gasteiger partial charge in [-0.05, 0) is 17.7 Å². The van der Waals surface area contributed by atoms with E-state index in [-0.39, 0.29) is 0 Å². The lowest BCUT2D eigenvalue weighted by atomic mass is 10.1. The Kier molecular flexibility index (Phi) is 3.83. The van der Waals surface area contributed by atoms with Gasteiger partial charge < -0.3 is 9.15 Å². The number of rotatable bonds is 5. The van der Waals surface area contributed by atoms with Crippen LogP contribution in [0.5, 0.6) is 5.75 Å². The Hall–Kier alpha value is -2.80. The lowest BCUT2D eigenvalue weighted by Crippen LogP contribution is -1.94. The van der Waals surface area contributed by atoms with E-state index >= 15 is 0 Å². The van der Waals surface area contributed by atoms with Crippen LogP contribution >= 0.6 is 0 Å². The topological polar surface area (TPSA) is 59.0 Å². The van der Waals surface area contributed by atoms with Crippen molar-refractivity contribution in [3.05, 3.63) is 60.0 Å². The van der Waals surface area contributed by atoms with E-state index in [1.54, 1.807) is 0 Å². The molecule has 0 spiro atoms. The lowest BCUT2D eigenvalue weighted by molar-refractivity contribution is 0.326. The second-order valence-corrected chi connectivity index (χ2v) is 4.66. The summed E-state index contributed by atoms with van der Waals surface area (Å²) in [5, 5.41) is 8.50. The number of oxazole rings is 1. The molecule has 4 nitrogen and oxygen atoms in total. The highest BCUT2D eigenvalue weighted by molar-refractivity contribution is 5.74. The molecule has 0 atom stereocenters. The van der Waals surface area contributed by atoms with Crippen molar-refractivity contribution in [2.24, 2.45) is 0 Å². The Morgan fingerprint density at radius 3 is 2.81 bits per heavy atom. The average molecular weight is 278 g/mol. The van der Waals surface area contributed by atoms with Crippen molar-refractivity contribution < 1.29 is 9.15 Å². The molecule has 0 aliphatic carbocycles. The van der Waals surface area contributed by atoms with Gasteiger partial charge in [-0.15, -0.1) is 0 Å². The van der Waals surface area contributed by atoms with Gasteiger partial charge in [0.1, 0.15) is 17.9 Å². The highest BCUT2D eigenvalue weighted by atomic mass is 16.5. The van der Waals surface area contributed by atoms with Crippen molar-refractivity contribution in [2.45, 2.75) is 12.8 Å². The minimum absolute atomic E-state index is 0.369. The second-order valence-electron chi connectivity index (χ2n) is 4.66. The van der Waals surface area contributed by atoms with Crippen LogP contribution in [-0.2, 0) is 6.42 Å². The molecule has 4 heteroatoms. The van der Waals surface area contributed by atoms with Gasteiger partial charge in [0, 0.05) is 12.5 Å². The van der Waals surface area contributed by atoms with Crippen molar-refractivity contribution in [1.29, 1.82) is 5.26 Å². The first-order valence-electron chi connectivity index (χ1n) is 6.78. The minimum atomic E-state index is 0.369. The molecule has 1 aromatic heterocycles. The van der Waals surface area contributed by atoms with E-state index in [9.17, 15) is 0 Å². The van der Waals surface area contributed by atoms with Gasteiger partial charge in [-0.2, -0.15) is 5.26 Å². The molecule has 0 saturated heterocycles. The standard InChI is InChI=1S/C17H14N2O2/c18-9-4-10-20-14-7-8-15-16(12-14)21-17(19-15)11-13-5-2-1-3-6-13/h1-3,5-8,12H,4,10-11H2. The summed E-state index contributed by atoms with van der Waals surface area (Å²) in [5.41, 5.74) is 2.68. The number of ether oxygens (including phenoxy) is 1. The summed E-state index contributed by atoms with van der Waals surface area (Å²) in [5.74, 6) is 1.38. The first-order chi connectivity index (χ1) is 10.3. The first-order valence-corrected chi connectivity index (χ1v) is 6.78. The van der Waals surface area contributed by atoms with E-state index < -0.39 is 0 Å². The van der Waals surface area contributed by atoms with E-state index in [1.807, 2.05) is 54.6 Å². The van der Waals surface area contributed by atoms with Crippen molar-refractivity contribution in [2.75, 3.05) is 6.61 Å². The van der Waals surface area contributed by atoms with Crippen LogP contribution in [0.4, 0.5) is 0 Å². The average Bonchev–Trinajstić information content (AvgIpc) is 2.90. The van der Waals surface area contributed by atoms with Crippen LogP contribution in [0.25, 0.3) is 11.1 Å². The van der Waals surface area contributed by atoms with Crippen LogP contribution in [0.2, 0.25) is 0 Å². The molecule has 3 aromatic rings. The number of fused-ring (bicyclic) bond motifs is 1. The summed E-state index contributed by atoms with van der Waals surface area (Å²) in [6, 6.07) is 17.6. The van der Waals surface area contributed by atoms with Gasteiger partial charge in [0.05, 0.1) is 12.5 Å². The van der Waals surface area contributed by atoms with Gasteiger partial charge >= 0.3 is 0 Å². The summed E-state index contributed by atoms with van der Waals surface area (Å²) in [7, 11) is 0. The molecule has 0 amide bonds. The molecule has 104 valence electrons. The largest absolute Gasteiger partial charge is 0.492 e. The normalized spacial score (nSPS) is 10.4. The summed E-state index contributed by atoms with van der Waals surface area (Å²) >= 11 is 0. The van der Waals surface area contributed by atoms with Crippen LogP contribution in [0.1, 0.15) is 17.9 Å². The Morgan fingerprint density at radius 2 is 2.00 bits per heavy atom. The van der Waals surface area contributed by atoms with E-state index in [0.717, 1.165) is 11.1 Å². The van der Waals surface area contributed by atoms with E-state index in [1.165, 1.54) is 0 Å². The van der Waals surface area contributed by atoms with E-state index in [0.29, 0.717) is 36.7 Å². The number of benzene rings is 2. The fourth-order valence-electron chi connectivity index (χ4n) is 2.10. The highest BCUT2D eigenvalue weighted by Gasteiger charge is 2.07. The quantitative estimate of drug-likeness (QED) is 0.667. The predicted molar refractivity (Wildman–Crippen MR) is 79.0 cm³/mol. The molecule has 0 unspecified atom stereocenters. The van der Waals surface area contributed by atoms with Gasteiger partial charge in [0.2, 0.25) is 0 Å². The summed E-state index contributed by atoms with van der Waals surface area (Å²) in [6.07, 6.45) is 1.04. The third kappa shape index (κ3) is 3.21. The van der Waals surface area contributed by atoms with Crippen LogP contribution < -0.4 is 4.74 Å². The molecular formula is C17H14N2O2. The molecule has 2 aromatic carbocycles. The van der Waals surface area contributed by atoms with Crippen LogP contribution in [0, 0.1) is 11.3 Å². The SMILES string of the molecule is N#CCCOc1ccc2nc(Cc3ccccc3)oc2c1. The van der Waals surface area contributed by atoms with Gasteiger partial charge in [-0.3, -0.25) is 0 Å². The van der Waals surface area contributed by atoms with Crippen molar-refractivity contribution >= 4 is 11.1 Å². The van der Waals surface area contributed by atoms with Gasteiger partial charge in [-0.25, -0.2) is 4.98 Å². The first kappa shape index (κ1) is 13.2. The molecule has 3 rings (SSSR count). The zero-order valence-electron chi connectivity index (χ0n) is 11.5. The monoisotopic (exact) mass is 278 g/mol. The Bertz CT molecular complexity index is 772. The van der Waals surface area contributed by atoms with Crippen molar-refractivity contribution in [1.82, 2.24) is 4.98 Å². The molecule has 0 radical (unpaired) electrons. The molecule has 0 saturated carbocycles. The maximum absolute atomic E-state index is 8.50. The molecule has 0 aliphatic rings. The fraction of sp³-hybridized carbons (Fsp3) is 0.176. The third-order valence-corrected chi connectivity index (χ3v) is 3.08. The smallest absolute Gasteiger partial charge is 0.199 e. The maximum atomic E-state index is 8.50. The van der Waals surface area contributed by atoms with Gasteiger partial charge in [-0.1, -0.05) is 30.3 Å². The van der Waals surface area contributed by atoms with Gasteiger partial charge in [0.25, 0.3) is 0 Å². The van der Waals surface area contributed by atoms with Gasteiger partial charge in [0.15, 0.2) is 11.5 Å².